The van der Waals surface area contributed by atoms with Crippen molar-refractivity contribution in [1.82, 2.24) is 20.0 Å². The van der Waals surface area contributed by atoms with E-state index in [0.29, 0.717) is 42.6 Å². The highest BCUT2D eigenvalue weighted by atomic mass is 32.2. The Morgan fingerprint density at radius 1 is 1.31 bits per heavy atom. The first-order valence-corrected chi connectivity index (χ1v) is 14.5. The Kier molecular flexibility index (Phi) is 7.89. The molecule has 1 aliphatic carbocycles. The number of nitrogens with one attached hydrogen (secondary N) is 1. The number of nitriles is 1. The Morgan fingerprint density at radius 3 is 2.56 bits per heavy atom. The summed E-state index contributed by atoms with van der Waals surface area (Å²) < 4.78 is 32.2. The maximum absolute atomic E-state index is 13.7. The lowest BCUT2D eigenvalue weighted by molar-refractivity contribution is 0.0723. The van der Waals surface area contributed by atoms with Crippen LogP contribution in [0, 0.1) is 11.3 Å². The zero-order valence-corrected chi connectivity index (χ0v) is 23.7. The maximum atomic E-state index is 13.7. The fourth-order valence-corrected chi connectivity index (χ4v) is 7.40. The molecular weight excluding hydrogens is 520 g/mol. The van der Waals surface area contributed by atoms with Crippen LogP contribution in [-0.2, 0) is 34.6 Å². The van der Waals surface area contributed by atoms with Gasteiger partial charge < -0.3 is 20.7 Å². The Labute approximate surface area is 229 Å². The lowest BCUT2D eigenvalue weighted by Crippen LogP contribution is -2.52. The Balaban J connectivity index is 1.46. The molecule has 0 spiro atoms. The first-order valence-electron chi connectivity index (χ1n) is 13.0. The van der Waals surface area contributed by atoms with E-state index in [-0.39, 0.29) is 43.9 Å². The molecule has 2 aliphatic rings. The summed E-state index contributed by atoms with van der Waals surface area (Å²) in [6.45, 7) is 6.04. The van der Waals surface area contributed by atoms with Crippen LogP contribution in [0.4, 0.5) is 0 Å². The number of ether oxygens (including phenoxy) is 1. The van der Waals surface area contributed by atoms with E-state index >= 15 is 0 Å². The van der Waals surface area contributed by atoms with Crippen LogP contribution in [-0.4, -0.2) is 76.8 Å². The van der Waals surface area contributed by atoms with Crippen LogP contribution in [0.1, 0.15) is 71.3 Å². The molecule has 1 atom stereocenters. The third-order valence-corrected chi connectivity index (χ3v) is 10.7. The van der Waals surface area contributed by atoms with Gasteiger partial charge in [-0.15, -0.1) is 0 Å². The number of rotatable bonds is 11. The van der Waals surface area contributed by atoms with Crippen molar-refractivity contribution in [2.75, 3.05) is 26.3 Å². The van der Waals surface area contributed by atoms with E-state index in [1.165, 1.54) is 4.68 Å². The number of carbonyl (C=O) groups is 2. The smallest absolute Gasteiger partial charge is 0.272 e. The molecule has 0 saturated heterocycles. The molecule has 1 fully saturated rings. The van der Waals surface area contributed by atoms with Gasteiger partial charge in [-0.1, -0.05) is 12.1 Å². The molecule has 3 N–H and O–H groups in total. The van der Waals surface area contributed by atoms with Crippen molar-refractivity contribution in [2.24, 2.45) is 12.8 Å². The van der Waals surface area contributed by atoms with Crippen molar-refractivity contribution in [2.45, 2.75) is 62.1 Å². The number of nitrogens with two attached hydrogens (primary N) is 1. The first kappa shape index (κ1) is 28.7. The third-order valence-electron chi connectivity index (χ3n) is 7.43. The van der Waals surface area contributed by atoms with Gasteiger partial charge in [0.15, 0.2) is 15.5 Å². The van der Waals surface area contributed by atoms with Gasteiger partial charge in [-0.05, 0) is 57.7 Å². The minimum absolute atomic E-state index is 0.0272. The topological polar surface area (TPSA) is 160 Å². The number of benzene rings is 1. The van der Waals surface area contributed by atoms with E-state index in [4.69, 9.17) is 15.7 Å². The summed E-state index contributed by atoms with van der Waals surface area (Å²) >= 11 is 0. The van der Waals surface area contributed by atoms with Crippen LogP contribution < -0.4 is 11.1 Å². The van der Waals surface area contributed by atoms with E-state index in [9.17, 15) is 18.0 Å². The number of nitrogens with zero attached hydrogens (tertiary/aromatic N) is 4. The van der Waals surface area contributed by atoms with Crippen molar-refractivity contribution in [3.05, 3.63) is 52.3 Å². The summed E-state index contributed by atoms with van der Waals surface area (Å²) in [5.74, 6) is -0.725. The molecule has 0 unspecified atom stereocenters. The summed E-state index contributed by atoms with van der Waals surface area (Å²) in [4.78, 5) is 28.1. The van der Waals surface area contributed by atoms with Gasteiger partial charge in [-0.25, -0.2) is 8.42 Å². The van der Waals surface area contributed by atoms with Crippen molar-refractivity contribution >= 4 is 21.7 Å². The van der Waals surface area contributed by atoms with Crippen LogP contribution in [0.2, 0.25) is 0 Å². The Bertz CT molecular complexity index is 1400. The molecule has 4 rings (SSSR count). The SMILES string of the molecule is C[C@@H](N)COCC(C)(C)S(=O)(=O)C1(CN2CCc3c(C(=O)NCc4ccc(C#N)cc4)nn(C)c3C2=O)CC1. The molecule has 1 aromatic heterocycles. The van der Waals surface area contributed by atoms with Crippen LogP contribution in [0.3, 0.4) is 0 Å². The molecule has 2 heterocycles. The number of amides is 2. The standard InChI is InChI=1S/C27H36N6O5S/c1-18(29)15-38-17-26(2,3)39(36,37)27(10-11-27)16-33-12-9-21-22(31-32(4)23(21)25(33)35)24(34)30-14-20-7-5-19(13-28)6-8-20/h5-8,18H,9-12,14-17,29H2,1-4H3,(H,30,34)/t18-/m1/s1. The quantitative estimate of drug-likeness (QED) is 0.419. The molecule has 1 aromatic carbocycles. The average molecular weight is 557 g/mol. The summed E-state index contributed by atoms with van der Waals surface area (Å²) in [7, 11) is -2.03. The van der Waals surface area contributed by atoms with E-state index < -0.39 is 25.2 Å². The molecular formula is C27H36N6O5S. The molecule has 210 valence electrons. The van der Waals surface area contributed by atoms with E-state index in [0.717, 1.165) is 5.56 Å². The maximum Gasteiger partial charge on any atom is 0.272 e. The highest BCUT2D eigenvalue weighted by Crippen LogP contribution is 2.49. The van der Waals surface area contributed by atoms with Crippen LogP contribution in [0.5, 0.6) is 0 Å². The fourth-order valence-electron chi connectivity index (χ4n) is 5.02. The van der Waals surface area contributed by atoms with Crippen molar-refractivity contribution in [1.29, 1.82) is 5.26 Å². The van der Waals surface area contributed by atoms with Gasteiger partial charge in [0.2, 0.25) is 0 Å². The molecule has 0 radical (unpaired) electrons. The van der Waals surface area contributed by atoms with E-state index in [2.05, 4.69) is 16.5 Å². The number of aryl methyl sites for hydroxylation is 1. The second-order valence-electron chi connectivity index (χ2n) is 11.2. The Hall–Kier alpha value is -3.27. The number of hydrogen-bond donors (Lipinski definition) is 2. The van der Waals surface area contributed by atoms with E-state index in [1.807, 2.05) is 0 Å². The molecule has 11 nitrogen and oxygen atoms in total. The second-order valence-corrected chi connectivity index (χ2v) is 14.2. The molecule has 39 heavy (non-hydrogen) atoms. The van der Waals surface area contributed by atoms with E-state index in [1.54, 1.807) is 57.0 Å². The number of fused-ring (bicyclic) bond motifs is 1. The normalized spacial score (nSPS) is 17.3. The molecule has 1 aliphatic heterocycles. The van der Waals surface area contributed by atoms with Gasteiger partial charge in [0.25, 0.3) is 11.8 Å². The summed E-state index contributed by atoms with van der Waals surface area (Å²) in [6, 6.07) is 8.75. The lowest BCUT2D eigenvalue weighted by atomic mass is 10.0. The average Bonchev–Trinajstić information content (AvgIpc) is 3.60. The van der Waals surface area contributed by atoms with Crippen LogP contribution in [0.25, 0.3) is 0 Å². The minimum atomic E-state index is -3.65. The molecule has 2 amide bonds. The largest absolute Gasteiger partial charge is 0.378 e. The fraction of sp³-hybridized carbons (Fsp3) is 0.556. The highest BCUT2D eigenvalue weighted by molar-refractivity contribution is 7.94. The van der Waals surface area contributed by atoms with Crippen molar-refractivity contribution in [3.63, 3.8) is 0 Å². The van der Waals surface area contributed by atoms with Gasteiger partial charge >= 0.3 is 0 Å². The van der Waals surface area contributed by atoms with Crippen molar-refractivity contribution < 1.29 is 22.7 Å². The molecule has 1 saturated carbocycles. The summed E-state index contributed by atoms with van der Waals surface area (Å²) in [5.41, 5.74) is 8.15. The zero-order valence-electron chi connectivity index (χ0n) is 22.9. The third kappa shape index (κ3) is 5.57. The monoisotopic (exact) mass is 556 g/mol. The number of hydrogen-bond acceptors (Lipinski definition) is 8. The van der Waals surface area contributed by atoms with Crippen LogP contribution >= 0.6 is 0 Å². The number of carbonyl (C=O) groups excluding carboxylic acids is 2. The predicted octanol–water partition coefficient (Wildman–Crippen LogP) is 1.31. The highest BCUT2D eigenvalue weighted by Gasteiger charge is 2.61. The summed E-state index contributed by atoms with van der Waals surface area (Å²) in [5, 5.41) is 16.1. The first-order chi connectivity index (χ1) is 18.3. The zero-order chi connectivity index (χ0) is 28.6. The van der Waals surface area contributed by atoms with Crippen LogP contribution in [0.15, 0.2) is 24.3 Å². The second kappa shape index (κ2) is 10.7. The summed E-state index contributed by atoms with van der Waals surface area (Å²) in [6.07, 6.45) is 1.36. The van der Waals surface area contributed by atoms with Gasteiger partial charge in [0, 0.05) is 38.3 Å². The van der Waals surface area contributed by atoms with Gasteiger partial charge in [0.05, 0.1) is 34.3 Å². The minimum Gasteiger partial charge on any atom is -0.378 e. The van der Waals surface area contributed by atoms with Crippen molar-refractivity contribution in [3.8, 4) is 6.07 Å². The number of aromatic nitrogens is 2. The predicted molar refractivity (Wildman–Crippen MR) is 145 cm³/mol. The van der Waals surface area contributed by atoms with Gasteiger partial charge in [-0.3, -0.25) is 14.3 Å². The Morgan fingerprint density at radius 2 is 1.97 bits per heavy atom. The lowest BCUT2D eigenvalue weighted by Gasteiger charge is -2.35. The van der Waals surface area contributed by atoms with Gasteiger partial charge in [-0.2, -0.15) is 10.4 Å². The molecule has 2 aromatic rings. The molecule has 0 bridgehead atoms. The number of sulfone groups is 1. The molecule has 12 heteroatoms. The van der Waals surface area contributed by atoms with Gasteiger partial charge in [0.1, 0.15) is 5.69 Å².